The highest BCUT2D eigenvalue weighted by Crippen LogP contribution is 2.40. The van der Waals surface area contributed by atoms with Gasteiger partial charge in [0.15, 0.2) is 0 Å². The van der Waals surface area contributed by atoms with Crippen LogP contribution in [-0.2, 0) is 5.60 Å². The summed E-state index contributed by atoms with van der Waals surface area (Å²) in [5, 5.41) is 13.5. The summed E-state index contributed by atoms with van der Waals surface area (Å²) in [7, 11) is 3.97. The van der Waals surface area contributed by atoms with Gasteiger partial charge in [-0.25, -0.2) is 0 Å². The van der Waals surface area contributed by atoms with Gasteiger partial charge in [0.1, 0.15) is 5.60 Å². The minimum Gasteiger partial charge on any atom is -0.380 e. The van der Waals surface area contributed by atoms with Crippen LogP contribution < -0.4 is 0 Å². The Morgan fingerprint density at radius 2 is 1.58 bits per heavy atom. The van der Waals surface area contributed by atoms with Gasteiger partial charge < -0.3 is 10.0 Å². The van der Waals surface area contributed by atoms with Crippen LogP contribution in [0.5, 0.6) is 0 Å². The summed E-state index contributed by atoms with van der Waals surface area (Å²) in [6, 6.07) is 12.7. The van der Waals surface area contributed by atoms with E-state index in [1.165, 1.54) is 0 Å². The molecule has 2 rings (SSSR count). The zero-order chi connectivity index (χ0) is 19.5. The second kappa shape index (κ2) is 8.77. The van der Waals surface area contributed by atoms with E-state index in [9.17, 15) is 5.11 Å². The summed E-state index contributed by atoms with van der Waals surface area (Å²) < 4.78 is 0. The zero-order valence-electron chi connectivity index (χ0n) is 15.4. The van der Waals surface area contributed by atoms with Gasteiger partial charge in [-0.05, 0) is 68.1 Å². The maximum Gasteiger partial charge on any atom is 0.115 e. The molecule has 2 atom stereocenters. The lowest BCUT2D eigenvalue weighted by Crippen LogP contribution is -2.40. The summed E-state index contributed by atoms with van der Waals surface area (Å²) in [5.74, 6) is -0.0874. The van der Waals surface area contributed by atoms with Gasteiger partial charge in [-0.1, -0.05) is 59.9 Å². The zero-order valence-corrected chi connectivity index (χ0v) is 17.7. The molecule has 0 amide bonds. The van der Waals surface area contributed by atoms with Gasteiger partial charge in [0, 0.05) is 27.5 Å². The lowest BCUT2D eigenvalue weighted by atomic mass is 9.76. The fraction of sp³-hybridized carbons (Fsp3) is 0.333. The van der Waals surface area contributed by atoms with Gasteiger partial charge in [0.2, 0.25) is 0 Å². The predicted octanol–water partition coefficient (Wildman–Crippen LogP) is 6.14. The SMILES string of the molecule is CC(=Cc1ccc(Cl)cc1)C(O)(c1cc(Cl)cc(Cl)c1)C(C)CN(C)C. The van der Waals surface area contributed by atoms with Gasteiger partial charge in [-0.3, -0.25) is 0 Å². The third-order valence-electron chi connectivity index (χ3n) is 4.51. The summed E-state index contributed by atoms with van der Waals surface area (Å²) in [6.45, 7) is 4.65. The van der Waals surface area contributed by atoms with E-state index < -0.39 is 5.60 Å². The number of rotatable bonds is 6. The van der Waals surface area contributed by atoms with Crippen LogP contribution in [0, 0.1) is 5.92 Å². The van der Waals surface area contributed by atoms with E-state index in [1.807, 2.05) is 58.3 Å². The Morgan fingerprint density at radius 1 is 1.04 bits per heavy atom. The normalized spacial score (nSPS) is 15.8. The van der Waals surface area contributed by atoms with Crippen molar-refractivity contribution in [3.8, 4) is 0 Å². The lowest BCUT2D eigenvalue weighted by Gasteiger charge is -2.37. The molecular weight excluding hydrogens is 389 g/mol. The molecule has 0 saturated heterocycles. The van der Waals surface area contributed by atoms with E-state index >= 15 is 0 Å². The molecule has 5 heteroatoms. The van der Waals surface area contributed by atoms with E-state index in [-0.39, 0.29) is 5.92 Å². The summed E-state index contributed by atoms with van der Waals surface area (Å²) in [5.41, 5.74) is 1.26. The molecule has 2 nitrogen and oxygen atoms in total. The van der Waals surface area contributed by atoms with Crippen molar-refractivity contribution in [2.24, 2.45) is 5.92 Å². The molecule has 2 unspecified atom stereocenters. The number of halogens is 3. The summed E-state index contributed by atoms with van der Waals surface area (Å²) in [6.07, 6.45) is 1.97. The Hall–Kier alpha value is -1.03. The van der Waals surface area contributed by atoms with Crippen LogP contribution >= 0.6 is 34.8 Å². The maximum atomic E-state index is 11.8. The first-order chi connectivity index (χ1) is 12.1. The van der Waals surface area contributed by atoms with Crippen LogP contribution in [0.3, 0.4) is 0 Å². The van der Waals surface area contributed by atoms with Crippen LogP contribution in [0.25, 0.3) is 6.08 Å². The molecule has 0 aliphatic heterocycles. The Kier molecular flexibility index (Phi) is 7.18. The fourth-order valence-corrected chi connectivity index (χ4v) is 3.93. The van der Waals surface area contributed by atoms with Gasteiger partial charge >= 0.3 is 0 Å². The third kappa shape index (κ3) is 5.03. The van der Waals surface area contributed by atoms with Gasteiger partial charge in [0.05, 0.1) is 0 Å². The predicted molar refractivity (Wildman–Crippen MR) is 113 cm³/mol. The highest BCUT2D eigenvalue weighted by atomic mass is 35.5. The second-order valence-corrected chi connectivity index (χ2v) is 8.28. The van der Waals surface area contributed by atoms with Crippen molar-refractivity contribution in [3.05, 3.63) is 74.2 Å². The van der Waals surface area contributed by atoms with E-state index in [1.54, 1.807) is 18.2 Å². The van der Waals surface area contributed by atoms with Crippen molar-refractivity contribution in [3.63, 3.8) is 0 Å². The van der Waals surface area contributed by atoms with E-state index in [0.717, 1.165) is 11.1 Å². The largest absolute Gasteiger partial charge is 0.380 e. The quantitative estimate of drug-likeness (QED) is 0.616. The molecule has 0 aliphatic rings. The van der Waals surface area contributed by atoms with Crippen LogP contribution in [0.2, 0.25) is 15.1 Å². The average molecular weight is 413 g/mol. The van der Waals surface area contributed by atoms with Crippen LogP contribution in [-0.4, -0.2) is 30.6 Å². The van der Waals surface area contributed by atoms with Crippen LogP contribution in [0.4, 0.5) is 0 Å². The van der Waals surface area contributed by atoms with Gasteiger partial charge in [-0.15, -0.1) is 0 Å². The van der Waals surface area contributed by atoms with Crippen molar-refractivity contribution in [2.45, 2.75) is 19.4 Å². The first-order valence-electron chi connectivity index (χ1n) is 8.41. The monoisotopic (exact) mass is 411 g/mol. The average Bonchev–Trinajstić information content (AvgIpc) is 2.54. The Balaban J connectivity index is 2.57. The van der Waals surface area contributed by atoms with Crippen molar-refractivity contribution in [1.29, 1.82) is 0 Å². The number of nitrogens with zero attached hydrogens (tertiary/aromatic N) is 1. The van der Waals surface area contributed by atoms with Crippen molar-refractivity contribution >= 4 is 40.9 Å². The highest BCUT2D eigenvalue weighted by molar-refractivity contribution is 6.34. The Morgan fingerprint density at radius 3 is 2.08 bits per heavy atom. The number of benzene rings is 2. The Labute approximate surface area is 171 Å². The van der Waals surface area contributed by atoms with Crippen molar-refractivity contribution in [2.75, 3.05) is 20.6 Å². The van der Waals surface area contributed by atoms with Gasteiger partial charge in [-0.2, -0.15) is 0 Å². The third-order valence-corrected chi connectivity index (χ3v) is 5.20. The minimum absolute atomic E-state index is 0.0874. The van der Waals surface area contributed by atoms with E-state index in [2.05, 4.69) is 4.90 Å². The molecule has 0 spiro atoms. The molecule has 2 aromatic rings. The first kappa shape index (κ1) is 21.3. The van der Waals surface area contributed by atoms with Crippen LogP contribution in [0.1, 0.15) is 25.0 Å². The minimum atomic E-state index is -1.21. The first-order valence-corrected chi connectivity index (χ1v) is 9.54. The molecule has 140 valence electrons. The molecule has 2 aromatic carbocycles. The topological polar surface area (TPSA) is 23.5 Å². The van der Waals surface area contributed by atoms with Crippen LogP contribution in [0.15, 0.2) is 48.0 Å². The fourth-order valence-electron chi connectivity index (χ4n) is 3.27. The molecule has 0 heterocycles. The summed E-state index contributed by atoms with van der Waals surface area (Å²) >= 11 is 18.4. The number of aliphatic hydroxyl groups is 1. The molecule has 0 fully saturated rings. The standard InChI is InChI=1S/C21H24Cl3NO/c1-14(9-16-5-7-18(22)8-6-16)21(26,15(2)13-25(3)4)17-10-19(23)12-20(24)11-17/h5-12,15,26H,13H2,1-4H3. The molecule has 0 aliphatic carbocycles. The van der Waals surface area contributed by atoms with E-state index in [4.69, 9.17) is 34.8 Å². The van der Waals surface area contributed by atoms with Crippen molar-refractivity contribution < 1.29 is 5.11 Å². The molecule has 26 heavy (non-hydrogen) atoms. The molecule has 0 saturated carbocycles. The molecular formula is C21H24Cl3NO. The number of hydrogen-bond donors (Lipinski definition) is 1. The van der Waals surface area contributed by atoms with E-state index in [0.29, 0.717) is 27.2 Å². The van der Waals surface area contributed by atoms with Crippen molar-refractivity contribution in [1.82, 2.24) is 4.90 Å². The molecule has 0 radical (unpaired) electrons. The maximum absolute atomic E-state index is 11.8. The lowest BCUT2D eigenvalue weighted by molar-refractivity contribution is 0.0105. The molecule has 1 N–H and O–H groups in total. The van der Waals surface area contributed by atoms with Gasteiger partial charge in [0.25, 0.3) is 0 Å². The second-order valence-electron chi connectivity index (χ2n) is 6.97. The smallest absolute Gasteiger partial charge is 0.115 e. The summed E-state index contributed by atoms with van der Waals surface area (Å²) in [4.78, 5) is 2.05. The molecule has 0 aromatic heterocycles. The Bertz CT molecular complexity index is 766. The highest BCUT2D eigenvalue weighted by Gasteiger charge is 2.38. The number of hydrogen-bond acceptors (Lipinski definition) is 2. The molecule has 0 bridgehead atoms.